The lowest BCUT2D eigenvalue weighted by molar-refractivity contribution is 0.0694. The van der Waals surface area contributed by atoms with Gasteiger partial charge in [-0.25, -0.2) is 4.79 Å². The number of aromatic nitrogens is 1. The zero-order valence-electron chi connectivity index (χ0n) is 15.2. The maximum Gasteiger partial charge on any atom is 0.341 e. The molecule has 5 nitrogen and oxygen atoms in total. The molecule has 0 saturated carbocycles. The van der Waals surface area contributed by atoms with E-state index in [1.54, 1.807) is 6.07 Å². The highest BCUT2D eigenvalue weighted by atomic mass is 16.4. The van der Waals surface area contributed by atoms with E-state index in [0.29, 0.717) is 5.39 Å². The minimum atomic E-state index is -1.17. The molecule has 1 aromatic carbocycles. The number of piperidine rings is 1. The third-order valence-corrected chi connectivity index (χ3v) is 5.46. The van der Waals surface area contributed by atoms with E-state index in [-0.39, 0.29) is 11.6 Å². The average molecular weight is 342 g/mol. The molecule has 1 aliphatic heterocycles. The van der Waals surface area contributed by atoms with E-state index in [1.165, 1.54) is 19.0 Å². The van der Waals surface area contributed by atoms with Crippen LogP contribution >= 0.6 is 0 Å². The zero-order chi connectivity index (χ0) is 18.1. The number of carboxylic acids is 1. The Hall–Kier alpha value is -2.30. The van der Waals surface area contributed by atoms with Crippen molar-refractivity contribution < 1.29 is 9.90 Å². The topological polar surface area (TPSA) is 62.5 Å². The van der Waals surface area contributed by atoms with Crippen LogP contribution in [0.2, 0.25) is 0 Å². The van der Waals surface area contributed by atoms with Crippen LogP contribution in [0, 0.1) is 5.92 Å². The van der Waals surface area contributed by atoms with Crippen LogP contribution in [0.1, 0.15) is 56.4 Å². The van der Waals surface area contributed by atoms with Gasteiger partial charge in [0.05, 0.1) is 5.52 Å². The molecule has 134 valence electrons. The molecule has 1 saturated heterocycles. The molecule has 1 aliphatic rings. The normalized spacial score (nSPS) is 17.0. The van der Waals surface area contributed by atoms with Crippen molar-refractivity contribution in [2.45, 2.75) is 46.1 Å². The molecule has 5 heteroatoms. The number of fused-ring (bicyclic) bond motifs is 1. The van der Waals surface area contributed by atoms with Gasteiger partial charge in [0.1, 0.15) is 5.56 Å². The number of carbonyl (C=O) groups is 1. The van der Waals surface area contributed by atoms with Gasteiger partial charge in [-0.15, -0.1) is 0 Å². The minimum Gasteiger partial charge on any atom is -0.477 e. The van der Waals surface area contributed by atoms with Crippen molar-refractivity contribution in [2.24, 2.45) is 5.92 Å². The summed E-state index contributed by atoms with van der Waals surface area (Å²) >= 11 is 0. The lowest BCUT2D eigenvalue weighted by atomic mass is 9.98. The molecule has 0 spiro atoms. The average Bonchev–Trinajstić information content (AvgIpc) is 2.61. The van der Waals surface area contributed by atoms with Crippen molar-refractivity contribution in [1.82, 2.24) is 4.57 Å². The fourth-order valence-electron chi connectivity index (χ4n) is 3.52. The van der Waals surface area contributed by atoms with Gasteiger partial charge in [0.25, 0.3) is 0 Å². The summed E-state index contributed by atoms with van der Waals surface area (Å²) in [5.41, 5.74) is 1.37. The molecule has 1 atom stereocenters. The molecule has 2 aromatic rings. The van der Waals surface area contributed by atoms with Gasteiger partial charge in [-0.2, -0.15) is 0 Å². The fourth-order valence-corrected chi connectivity index (χ4v) is 3.52. The summed E-state index contributed by atoms with van der Waals surface area (Å²) < 4.78 is 1.94. The largest absolute Gasteiger partial charge is 0.477 e. The van der Waals surface area contributed by atoms with Gasteiger partial charge in [-0.1, -0.05) is 13.8 Å². The first-order valence-corrected chi connectivity index (χ1v) is 9.09. The monoisotopic (exact) mass is 342 g/mol. The fraction of sp³-hybridized carbons (Fsp3) is 0.500. The Bertz CT molecular complexity index is 848. The third kappa shape index (κ3) is 3.28. The second-order valence-electron chi connectivity index (χ2n) is 7.21. The summed E-state index contributed by atoms with van der Waals surface area (Å²) in [6.07, 6.45) is 4.72. The molecule has 3 rings (SSSR count). The van der Waals surface area contributed by atoms with Crippen molar-refractivity contribution >= 4 is 22.6 Å². The molecule has 1 unspecified atom stereocenters. The van der Waals surface area contributed by atoms with E-state index in [2.05, 4.69) is 18.7 Å². The molecular weight excluding hydrogens is 316 g/mol. The Morgan fingerprint density at radius 1 is 1.32 bits per heavy atom. The second-order valence-corrected chi connectivity index (χ2v) is 7.21. The van der Waals surface area contributed by atoms with Gasteiger partial charge in [0, 0.05) is 36.4 Å². The van der Waals surface area contributed by atoms with Crippen molar-refractivity contribution in [2.75, 3.05) is 18.0 Å². The first-order chi connectivity index (χ1) is 11.9. The van der Waals surface area contributed by atoms with Gasteiger partial charge in [0.15, 0.2) is 0 Å². The number of rotatable bonds is 4. The highest BCUT2D eigenvalue weighted by molar-refractivity contribution is 5.93. The van der Waals surface area contributed by atoms with Crippen LogP contribution in [0.15, 0.2) is 29.2 Å². The van der Waals surface area contributed by atoms with Crippen LogP contribution < -0.4 is 10.3 Å². The number of nitrogens with zero attached hydrogens (tertiary/aromatic N) is 2. The molecule has 0 aliphatic carbocycles. The van der Waals surface area contributed by atoms with Crippen LogP contribution in [0.4, 0.5) is 5.69 Å². The zero-order valence-corrected chi connectivity index (χ0v) is 15.2. The number of carboxylic acid groups (broad SMARTS) is 1. The molecule has 0 bridgehead atoms. The number of pyridine rings is 1. The van der Waals surface area contributed by atoms with Crippen LogP contribution in [0.5, 0.6) is 0 Å². The van der Waals surface area contributed by atoms with Crippen molar-refractivity contribution in [3.63, 3.8) is 0 Å². The summed E-state index contributed by atoms with van der Waals surface area (Å²) in [7, 11) is 0. The lowest BCUT2D eigenvalue weighted by Gasteiger charge is -2.32. The van der Waals surface area contributed by atoms with Crippen molar-refractivity contribution in [3.8, 4) is 0 Å². The quantitative estimate of drug-likeness (QED) is 0.915. The number of benzene rings is 1. The minimum absolute atomic E-state index is 0.123. The lowest BCUT2D eigenvalue weighted by Crippen LogP contribution is -2.32. The van der Waals surface area contributed by atoms with E-state index in [9.17, 15) is 14.7 Å². The van der Waals surface area contributed by atoms with E-state index in [1.807, 2.05) is 23.6 Å². The van der Waals surface area contributed by atoms with E-state index < -0.39 is 11.4 Å². The number of aromatic carboxylic acids is 1. The summed E-state index contributed by atoms with van der Waals surface area (Å²) in [6.45, 7) is 8.43. The van der Waals surface area contributed by atoms with Gasteiger partial charge < -0.3 is 14.6 Å². The molecule has 25 heavy (non-hydrogen) atoms. The molecule has 2 heterocycles. The highest BCUT2D eigenvalue weighted by Gasteiger charge is 2.20. The molecule has 1 fully saturated rings. The molecule has 1 N–H and O–H groups in total. The smallest absolute Gasteiger partial charge is 0.341 e. The van der Waals surface area contributed by atoms with Crippen molar-refractivity contribution in [3.05, 3.63) is 40.2 Å². The van der Waals surface area contributed by atoms with Crippen molar-refractivity contribution in [1.29, 1.82) is 0 Å². The van der Waals surface area contributed by atoms with Crippen LogP contribution in [-0.4, -0.2) is 28.7 Å². The first kappa shape index (κ1) is 17.5. The van der Waals surface area contributed by atoms with Crippen LogP contribution in [0.3, 0.4) is 0 Å². The molecule has 1 aromatic heterocycles. The third-order valence-electron chi connectivity index (χ3n) is 5.46. The highest BCUT2D eigenvalue weighted by Crippen LogP contribution is 2.27. The first-order valence-electron chi connectivity index (χ1n) is 9.09. The SMILES string of the molecule is CCC(C)n1cc(C(=O)O)c(=O)c2ccc(N3CCC(C)CC3)cc21. The Labute approximate surface area is 147 Å². The Morgan fingerprint density at radius 2 is 2.00 bits per heavy atom. The Balaban J connectivity index is 2.16. The molecule has 0 amide bonds. The number of hydrogen-bond donors (Lipinski definition) is 1. The summed E-state index contributed by atoms with van der Waals surface area (Å²) in [4.78, 5) is 26.4. The number of anilines is 1. The summed E-state index contributed by atoms with van der Waals surface area (Å²) in [6, 6.07) is 5.91. The predicted molar refractivity (Wildman–Crippen MR) is 101 cm³/mol. The Kier molecular flexibility index (Phi) is 4.84. The van der Waals surface area contributed by atoms with Gasteiger partial charge in [-0.05, 0) is 50.3 Å². The van der Waals surface area contributed by atoms with Gasteiger partial charge in [-0.3, -0.25) is 4.79 Å². The predicted octanol–water partition coefficient (Wildman–Crippen LogP) is 3.91. The van der Waals surface area contributed by atoms with Crippen LogP contribution in [0.25, 0.3) is 10.9 Å². The summed E-state index contributed by atoms with van der Waals surface area (Å²) in [5, 5.41) is 9.85. The number of hydrogen-bond acceptors (Lipinski definition) is 3. The van der Waals surface area contributed by atoms with E-state index in [0.717, 1.165) is 36.6 Å². The van der Waals surface area contributed by atoms with E-state index >= 15 is 0 Å². The standard InChI is InChI=1S/C20H26N2O3/c1-4-14(3)22-12-17(20(24)25)19(23)16-6-5-15(11-18(16)22)21-9-7-13(2)8-10-21/h5-6,11-14H,4,7-10H2,1-3H3,(H,24,25). The molecular formula is C20H26N2O3. The summed E-state index contributed by atoms with van der Waals surface area (Å²) in [5.74, 6) is -0.411. The van der Waals surface area contributed by atoms with Gasteiger partial charge in [0.2, 0.25) is 5.43 Å². The Morgan fingerprint density at radius 3 is 2.60 bits per heavy atom. The van der Waals surface area contributed by atoms with E-state index in [4.69, 9.17) is 0 Å². The second kappa shape index (κ2) is 6.90. The van der Waals surface area contributed by atoms with Crippen LogP contribution in [-0.2, 0) is 0 Å². The maximum atomic E-state index is 12.6. The maximum absolute atomic E-state index is 12.6. The van der Waals surface area contributed by atoms with Gasteiger partial charge >= 0.3 is 5.97 Å². The molecule has 0 radical (unpaired) electrons.